The zero-order valence-electron chi connectivity index (χ0n) is 18.6. The lowest BCUT2D eigenvalue weighted by molar-refractivity contribution is -0.139. The Hall–Kier alpha value is -0.840. The quantitative estimate of drug-likeness (QED) is 0.0719. The van der Waals surface area contributed by atoms with E-state index in [1.165, 1.54) is 90.4 Å². The highest BCUT2D eigenvalue weighted by atomic mass is 31.2. The fourth-order valence-corrected chi connectivity index (χ4v) is 3.42. The van der Waals surface area contributed by atoms with Crippen LogP contribution in [0.25, 0.3) is 0 Å². The molecule has 2 N–H and O–H groups in total. The van der Waals surface area contributed by atoms with Gasteiger partial charge in [-0.25, -0.2) is 9.36 Å². The monoisotopic (exact) mass is 434 g/mol. The Labute approximate surface area is 177 Å². The third kappa shape index (κ3) is 21.7. The Morgan fingerprint density at radius 1 is 0.759 bits per heavy atom. The maximum Gasteiger partial charge on any atom is 0.524 e. The molecule has 6 nitrogen and oxygen atoms in total. The van der Waals surface area contributed by atoms with Gasteiger partial charge in [-0.15, -0.1) is 0 Å². The molecule has 0 aliphatic heterocycles. The van der Waals surface area contributed by atoms with E-state index in [9.17, 15) is 9.36 Å². The Balaban J connectivity index is 3.33. The maximum atomic E-state index is 11.6. The molecule has 0 spiro atoms. The van der Waals surface area contributed by atoms with E-state index in [1.54, 1.807) is 0 Å². The number of ether oxygens (including phenoxy) is 1. The molecule has 29 heavy (non-hydrogen) atoms. The molecule has 7 heteroatoms. The number of unbranched alkanes of at least 4 members (excludes halogenated alkanes) is 15. The van der Waals surface area contributed by atoms with Crippen molar-refractivity contribution in [2.24, 2.45) is 0 Å². The fraction of sp³-hybridized carbons (Fsp3) is 0.864. The van der Waals surface area contributed by atoms with Crippen molar-refractivity contribution >= 4 is 13.8 Å². The van der Waals surface area contributed by atoms with Gasteiger partial charge in [0.1, 0.15) is 6.26 Å². The van der Waals surface area contributed by atoms with Gasteiger partial charge >= 0.3 is 13.8 Å². The molecule has 0 aromatic rings. The minimum atomic E-state index is -4.61. The largest absolute Gasteiger partial charge is 0.524 e. The second-order valence-electron chi connectivity index (χ2n) is 7.84. The van der Waals surface area contributed by atoms with Crippen LogP contribution in [0, 0.1) is 0 Å². The summed E-state index contributed by atoms with van der Waals surface area (Å²) in [5.74, 6) is -0.612. The SMILES string of the molecule is CCCCCCCCCCCCCCCCCCOC(=O)C(C)=COP(=O)(O)O. The average Bonchev–Trinajstić information content (AvgIpc) is 2.67. The Morgan fingerprint density at radius 3 is 1.52 bits per heavy atom. The van der Waals surface area contributed by atoms with Gasteiger partial charge < -0.3 is 9.26 Å². The molecule has 0 unspecified atom stereocenters. The normalized spacial score (nSPS) is 12.2. The van der Waals surface area contributed by atoms with Crippen molar-refractivity contribution in [1.29, 1.82) is 0 Å². The number of carbonyl (C=O) groups is 1. The van der Waals surface area contributed by atoms with Crippen molar-refractivity contribution < 1.29 is 28.4 Å². The lowest BCUT2D eigenvalue weighted by Crippen LogP contribution is -2.07. The van der Waals surface area contributed by atoms with Crippen LogP contribution < -0.4 is 0 Å². The van der Waals surface area contributed by atoms with Gasteiger partial charge in [-0.05, 0) is 13.3 Å². The zero-order valence-corrected chi connectivity index (χ0v) is 19.5. The molecule has 0 aliphatic carbocycles. The summed E-state index contributed by atoms with van der Waals surface area (Å²) in [5, 5.41) is 0. The lowest BCUT2D eigenvalue weighted by Gasteiger charge is -2.06. The van der Waals surface area contributed by atoms with E-state index in [-0.39, 0.29) is 5.57 Å². The van der Waals surface area contributed by atoms with Crippen molar-refractivity contribution in [3.05, 3.63) is 11.8 Å². The molecule has 0 atom stereocenters. The third-order valence-corrected chi connectivity index (χ3v) is 5.30. The first-order valence-electron chi connectivity index (χ1n) is 11.4. The van der Waals surface area contributed by atoms with Crippen LogP contribution in [0.4, 0.5) is 0 Å². The van der Waals surface area contributed by atoms with Crippen LogP contribution >= 0.6 is 7.82 Å². The summed E-state index contributed by atoms with van der Waals surface area (Å²) in [6.45, 7) is 3.97. The standard InChI is InChI=1S/C22H43O6P/c1-3-4-5-6-7-8-9-10-11-12-13-14-15-16-17-18-19-27-22(23)21(2)20-28-29(24,25)26/h20H,3-19H2,1-2H3,(H2,24,25,26). The summed E-state index contributed by atoms with van der Waals surface area (Å²) in [7, 11) is -4.61. The van der Waals surface area contributed by atoms with Crippen molar-refractivity contribution in [3.8, 4) is 0 Å². The molecule has 0 fully saturated rings. The van der Waals surface area contributed by atoms with Crippen LogP contribution in [0.15, 0.2) is 11.8 Å². The number of esters is 1. The van der Waals surface area contributed by atoms with E-state index in [1.807, 2.05) is 0 Å². The van der Waals surface area contributed by atoms with Gasteiger partial charge in [0, 0.05) is 0 Å². The van der Waals surface area contributed by atoms with Gasteiger partial charge in [0.25, 0.3) is 0 Å². The molecule has 0 aromatic heterocycles. The lowest BCUT2D eigenvalue weighted by atomic mass is 10.0. The Morgan fingerprint density at radius 2 is 1.14 bits per heavy atom. The number of hydrogen-bond donors (Lipinski definition) is 2. The van der Waals surface area contributed by atoms with E-state index >= 15 is 0 Å². The molecule has 0 aromatic carbocycles. The van der Waals surface area contributed by atoms with Gasteiger partial charge in [-0.2, -0.15) is 0 Å². The van der Waals surface area contributed by atoms with E-state index in [2.05, 4.69) is 11.4 Å². The summed E-state index contributed by atoms with van der Waals surface area (Å²) < 4.78 is 19.8. The number of carbonyl (C=O) groups excluding carboxylic acids is 1. The van der Waals surface area contributed by atoms with Crippen LogP contribution in [0.2, 0.25) is 0 Å². The molecule has 0 bridgehead atoms. The first-order chi connectivity index (χ1) is 13.9. The van der Waals surface area contributed by atoms with E-state index in [4.69, 9.17) is 14.5 Å². The van der Waals surface area contributed by atoms with Crippen LogP contribution in [-0.2, 0) is 18.6 Å². The number of rotatable bonds is 20. The number of hydrogen-bond acceptors (Lipinski definition) is 4. The van der Waals surface area contributed by atoms with Gasteiger partial charge in [-0.1, -0.05) is 103 Å². The molecule has 0 rings (SSSR count). The molecule has 0 radical (unpaired) electrons. The Bertz CT molecular complexity index is 472. The summed E-state index contributed by atoms with van der Waals surface area (Å²) in [4.78, 5) is 28.7. The van der Waals surface area contributed by atoms with Crippen molar-refractivity contribution in [2.45, 2.75) is 117 Å². The first kappa shape index (κ1) is 28.2. The Kier molecular flexibility index (Phi) is 18.6. The predicted octanol–water partition coefficient (Wildman–Crippen LogP) is 6.80. The van der Waals surface area contributed by atoms with E-state index in [0.29, 0.717) is 6.61 Å². The summed E-state index contributed by atoms with van der Waals surface area (Å²) in [6, 6.07) is 0. The maximum absolute atomic E-state index is 11.6. The van der Waals surface area contributed by atoms with Crippen LogP contribution in [0.3, 0.4) is 0 Å². The molecule has 0 amide bonds. The molecular formula is C22H43O6P. The van der Waals surface area contributed by atoms with Gasteiger partial charge in [0.2, 0.25) is 0 Å². The molecule has 0 saturated carbocycles. The first-order valence-corrected chi connectivity index (χ1v) is 13.0. The molecule has 0 aliphatic rings. The smallest absolute Gasteiger partial charge is 0.462 e. The molecule has 172 valence electrons. The minimum Gasteiger partial charge on any atom is -0.462 e. The van der Waals surface area contributed by atoms with Gasteiger partial charge in [0.05, 0.1) is 12.2 Å². The van der Waals surface area contributed by atoms with Gasteiger partial charge in [-0.3, -0.25) is 9.79 Å². The predicted molar refractivity (Wildman–Crippen MR) is 117 cm³/mol. The second-order valence-corrected chi connectivity index (χ2v) is 9.03. The van der Waals surface area contributed by atoms with Crippen molar-refractivity contribution in [2.75, 3.05) is 6.61 Å². The molecule has 0 heterocycles. The zero-order chi connectivity index (χ0) is 21.8. The highest BCUT2D eigenvalue weighted by Crippen LogP contribution is 2.36. The number of phosphoric acid groups is 1. The average molecular weight is 435 g/mol. The van der Waals surface area contributed by atoms with E-state index < -0.39 is 13.8 Å². The highest BCUT2D eigenvalue weighted by Gasteiger charge is 2.14. The van der Waals surface area contributed by atoms with Crippen LogP contribution in [-0.4, -0.2) is 22.4 Å². The van der Waals surface area contributed by atoms with E-state index in [0.717, 1.165) is 25.5 Å². The van der Waals surface area contributed by atoms with Crippen LogP contribution in [0.5, 0.6) is 0 Å². The molecular weight excluding hydrogens is 391 g/mol. The molecule has 0 saturated heterocycles. The van der Waals surface area contributed by atoms with Crippen molar-refractivity contribution in [1.82, 2.24) is 0 Å². The second kappa shape index (κ2) is 19.1. The summed E-state index contributed by atoms with van der Waals surface area (Å²) in [6.07, 6.45) is 21.4. The summed E-state index contributed by atoms with van der Waals surface area (Å²) in [5.41, 5.74) is 0.0322. The number of phosphoric ester groups is 1. The topological polar surface area (TPSA) is 93.1 Å². The van der Waals surface area contributed by atoms with Crippen LogP contribution in [0.1, 0.15) is 117 Å². The summed E-state index contributed by atoms with van der Waals surface area (Å²) >= 11 is 0. The minimum absolute atomic E-state index is 0.0322. The van der Waals surface area contributed by atoms with Crippen molar-refractivity contribution in [3.63, 3.8) is 0 Å². The third-order valence-electron chi connectivity index (χ3n) is 4.92. The fourth-order valence-electron chi connectivity index (χ4n) is 3.12. The highest BCUT2D eigenvalue weighted by molar-refractivity contribution is 7.46. The van der Waals surface area contributed by atoms with Gasteiger partial charge in [0.15, 0.2) is 0 Å².